The van der Waals surface area contributed by atoms with Gasteiger partial charge >= 0.3 is 0 Å². The summed E-state index contributed by atoms with van der Waals surface area (Å²) in [5, 5.41) is 3.41. The second-order valence-corrected chi connectivity index (χ2v) is 4.59. The molecule has 4 heteroatoms. The molecule has 0 amide bonds. The van der Waals surface area contributed by atoms with E-state index in [1.807, 2.05) is 0 Å². The topological polar surface area (TPSA) is 24.5 Å². The Labute approximate surface area is 109 Å². The van der Waals surface area contributed by atoms with Crippen molar-refractivity contribution in [2.75, 3.05) is 26.2 Å². The van der Waals surface area contributed by atoms with Crippen molar-refractivity contribution in [3.8, 4) is 0 Å². The lowest BCUT2D eigenvalue weighted by Crippen LogP contribution is -2.50. The Hall–Kier alpha value is -0.610. The summed E-state index contributed by atoms with van der Waals surface area (Å²) in [7, 11) is 0. The first-order chi connectivity index (χ1) is 7.93. The Kier molecular flexibility index (Phi) is 4.40. The molecule has 2 aliphatic rings. The lowest BCUT2D eigenvalue weighted by molar-refractivity contribution is -0.0500. The van der Waals surface area contributed by atoms with Crippen LogP contribution in [0.15, 0.2) is 30.3 Å². The number of hydrogen-bond acceptors (Lipinski definition) is 3. The largest absolute Gasteiger partial charge is 0.374 e. The van der Waals surface area contributed by atoms with Crippen molar-refractivity contribution in [2.24, 2.45) is 0 Å². The van der Waals surface area contributed by atoms with E-state index < -0.39 is 0 Å². The van der Waals surface area contributed by atoms with Crippen LogP contribution in [0.3, 0.4) is 0 Å². The monoisotopic (exact) mass is 254 g/mol. The zero-order valence-electron chi connectivity index (χ0n) is 9.84. The Bertz CT molecular complexity index is 347. The van der Waals surface area contributed by atoms with Crippen molar-refractivity contribution in [2.45, 2.75) is 18.7 Å². The van der Waals surface area contributed by atoms with Crippen molar-refractivity contribution in [1.29, 1.82) is 0 Å². The van der Waals surface area contributed by atoms with Gasteiger partial charge in [-0.05, 0) is 5.56 Å². The molecule has 0 radical (unpaired) electrons. The third-order valence-electron chi connectivity index (χ3n) is 3.54. The van der Waals surface area contributed by atoms with Crippen LogP contribution in [-0.2, 0) is 11.3 Å². The first-order valence-electron chi connectivity index (χ1n) is 6.04. The van der Waals surface area contributed by atoms with Crippen molar-refractivity contribution in [3.05, 3.63) is 35.9 Å². The normalized spacial score (nSPS) is 28.5. The van der Waals surface area contributed by atoms with E-state index in [4.69, 9.17) is 4.74 Å². The molecule has 0 bridgehead atoms. The van der Waals surface area contributed by atoms with Gasteiger partial charge < -0.3 is 10.1 Å². The minimum atomic E-state index is 0. The van der Waals surface area contributed by atoms with Gasteiger partial charge in [0.05, 0.1) is 12.7 Å². The summed E-state index contributed by atoms with van der Waals surface area (Å²) in [6, 6.07) is 11.3. The second-order valence-electron chi connectivity index (χ2n) is 4.59. The number of rotatable bonds is 2. The number of nitrogens with zero attached hydrogens (tertiary/aromatic N) is 1. The van der Waals surface area contributed by atoms with Gasteiger partial charge in [0.1, 0.15) is 0 Å². The highest BCUT2D eigenvalue weighted by atomic mass is 35.5. The molecule has 1 N–H and O–H groups in total. The molecule has 94 valence electrons. The molecular weight excluding hydrogens is 236 g/mol. The molecule has 0 aromatic heterocycles. The molecule has 1 aromatic carbocycles. The zero-order chi connectivity index (χ0) is 10.8. The number of nitrogens with one attached hydrogen (secondary N) is 1. The molecule has 2 heterocycles. The van der Waals surface area contributed by atoms with Crippen LogP contribution in [0, 0.1) is 0 Å². The molecule has 2 saturated heterocycles. The molecule has 3 nitrogen and oxygen atoms in total. The molecule has 3 rings (SSSR count). The summed E-state index contributed by atoms with van der Waals surface area (Å²) in [6.07, 6.45) is 0.400. The third kappa shape index (κ3) is 2.80. The molecule has 0 unspecified atom stereocenters. The van der Waals surface area contributed by atoms with Gasteiger partial charge in [0.25, 0.3) is 0 Å². The van der Waals surface area contributed by atoms with Crippen LogP contribution in [0.2, 0.25) is 0 Å². The number of fused-ring (bicyclic) bond motifs is 1. The Morgan fingerprint density at radius 2 is 2.06 bits per heavy atom. The fraction of sp³-hybridized carbons (Fsp3) is 0.538. The van der Waals surface area contributed by atoms with E-state index in [2.05, 4.69) is 40.5 Å². The maximum atomic E-state index is 5.77. The van der Waals surface area contributed by atoms with Crippen LogP contribution in [0.5, 0.6) is 0 Å². The minimum absolute atomic E-state index is 0. The predicted octanol–water partition coefficient (Wildman–Crippen LogP) is 1.28. The van der Waals surface area contributed by atoms with Crippen molar-refractivity contribution < 1.29 is 4.74 Å². The van der Waals surface area contributed by atoms with Gasteiger partial charge in [-0.25, -0.2) is 0 Å². The van der Waals surface area contributed by atoms with Gasteiger partial charge in [-0.3, -0.25) is 4.90 Å². The first kappa shape index (κ1) is 12.8. The predicted molar refractivity (Wildman–Crippen MR) is 70.5 cm³/mol. The molecule has 17 heavy (non-hydrogen) atoms. The maximum Gasteiger partial charge on any atom is 0.0867 e. The summed E-state index contributed by atoms with van der Waals surface area (Å²) >= 11 is 0. The van der Waals surface area contributed by atoms with Gasteiger partial charge in [-0.15, -0.1) is 12.4 Å². The van der Waals surface area contributed by atoms with Crippen molar-refractivity contribution >= 4 is 12.4 Å². The lowest BCUT2D eigenvalue weighted by atomic mass is 10.1. The SMILES string of the molecule is Cl.c1ccc(CN2CCO[C@@H]3CNC[C@@H]32)cc1. The van der Waals surface area contributed by atoms with Crippen LogP contribution in [0.25, 0.3) is 0 Å². The van der Waals surface area contributed by atoms with Crippen LogP contribution in [0.1, 0.15) is 5.56 Å². The molecule has 2 fully saturated rings. The Balaban J connectivity index is 0.00000108. The number of benzene rings is 1. The van der Waals surface area contributed by atoms with Gasteiger partial charge in [0, 0.05) is 32.2 Å². The smallest absolute Gasteiger partial charge is 0.0867 e. The summed E-state index contributed by atoms with van der Waals surface area (Å²) in [5.41, 5.74) is 1.40. The maximum absolute atomic E-state index is 5.77. The Morgan fingerprint density at radius 1 is 1.24 bits per heavy atom. The zero-order valence-corrected chi connectivity index (χ0v) is 10.7. The summed E-state index contributed by atoms with van der Waals surface area (Å²) in [6.45, 7) is 5.05. The third-order valence-corrected chi connectivity index (χ3v) is 3.54. The van der Waals surface area contributed by atoms with Gasteiger partial charge in [-0.1, -0.05) is 30.3 Å². The van der Waals surface area contributed by atoms with E-state index in [1.54, 1.807) is 0 Å². The van der Waals surface area contributed by atoms with Crippen molar-refractivity contribution in [3.63, 3.8) is 0 Å². The average Bonchev–Trinajstić information content (AvgIpc) is 2.80. The van der Waals surface area contributed by atoms with E-state index >= 15 is 0 Å². The van der Waals surface area contributed by atoms with E-state index in [0.717, 1.165) is 32.8 Å². The number of morpholine rings is 1. The number of halogens is 1. The molecule has 1 aromatic rings. The molecule has 0 spiro atoms. The van der Waals surface area contributed by atoms with Crippen molar-refractivity contribution in [1.82, 2.24) is 10.2 Å². The molecule has 2 atom stereocenters. The highest BCUT2D eigenvalue weighted by molar-refractivity contribution is 5.85. The highest BCUT2D eigenvalue weighted by Gasteiger charge is 2.35. The second kappa shape index (κ2) is 5.83. The van der Waals surface area contributed by atoms with Gasteiger partial charge in [0.15, 0.2) is 0 Å². The van der Waals surface area contributed by atoms with E-state index in [9.17, 15) is 0 Å². The summed E-state index contributed by atoms with van der Waals surface area (Å²) in [4.78, 5) is 2.55. The number of hydrogen-bond donors (Lipinski definition) is 1. The molecular formula is C13H19ClN2O. The highest BCUT2D eigenvalue weighted by Crippen LogP contribution is 2.19. The average molecular weight is 255 g/mol. The minimum Gasteiger partial charge on any atom is -0.374 e. The van der Waals surface area contributed by atoms with E-state index in [1.165, 1.54) is 5.56 Å². The first-order valence-corrected chi connectivity index (χ1v) is 6.04. The van der Waals surface area contributed by atoms with Crippen LogP contribution in [-0.4, -0.2) is 43.3 Å². The van der Waals surface area contributed by atoms with Gasteiger partial charge in [-0.2, -0.15) is 0 Å². The Morgan fingerprint density at radius 3 is 2.88 bits per heavy atom. The quantitative estimate of drug-likeness (QED) is 0.861. The summed E-state index contributed by atoms with van der Waals surface area (Å²) < 4.78 is 5.77. The van der Waals surface area contributed by atoms with E-state index in [0.29, 0.717) is 12.1 Å². The lowest BCUT2D eigenvalue weighted by Gasteiger charge is -2.36. The molecule has 2 aliphatic heterocycles. The van der Waals surface area contributed by atoms with E-state index in [-0.39, 0.29) is 12.4 Å². The van der Waals surface area contributed by atoms with Gasteiger partial charge in [0.2, 0.25) is 0 Å². The van der Waals surface area contributed by atoms with Crippen LogP contribution >= 0.6 is 12.4 Å². The summed E-state index contributed by atoms with van der Waals surface area (Å²) in [5.74, 6) is 0. The fourth-order valence-corrected chi connectivity index (χ4v) is 2.68. The molecule has 0 saturated carbocycles. The van der Waals surface area contributed by atoms with Crippen LogP contribution < -0.4 is 5.32 Å². The fourth-order valence-electron chi connectivity index (χ4n) is 2.68. The standard InChI is InChI=1S/C13H18N2O.ClH/c1-2-4-11(5-3-1)10-15-6-7-16-13-9-14-8-12(13)15;/h1-5,12-14H,6-10H2;1H/t12-,13+;/m0./s1. The number of ether oxygens (including phenoxy) is 1. The van der Waals surface area contributed by atoms with Crippen LogP contribution in [0.4, 0.5) is 0 Å². The molecule has 0 aliphatic carbocycles.